The van der Waals surface area contributed by atoms with E-state index in [4.69, 9.17) is 15.6 Å². The Morgan fingerprint density at radius 1 is 1.29 bits per heavy atom. The molecule has 1 fully saturated rings. The molecule has 2 atom stereocenters. The van der Waals surface area contributed by atoms with E-state index >= 15 is 0 Å². The first-order valence-corrected chi connectivity index (χ1v) is 10.8. The van der Waals surface area contributed by atoms with Crippen LogP contribution in [0.25, 0.3) is 0 Å². The zero-order chi connectivity index (χ0) is 22.1. The van der Waals surface area contributed by atoms with E-state index < -0.39 is 6.09 Å². The van der Waals surface area contributed by atoms with E-state index in [2.05, 4.69) is 20.8 Å². The Kier molecular flexibility index (Phi) is 8.28. The van der Waals surface area contributed by atoms with Gasteiger partial charge >= 0.3 is 6.09 Å². The molecule has 31 heavy (non-hydrogen) atoms. The molecule has 2 aromatic rings. The molecular formula is C22H31N5O4. The first-order chi connectivity index (χ1) is 15.0. The Labute approximate surface area is 181 Å². The second-order valence-electron chi connectivity index (χ2n) is 7.93. The summed E-state index contributed by atoms with van der Waals surface area (Å²) in [5, 5.41) is 21.2. The normalized spacial score (nSPS) is 18.0. The Hall–Kier alpha value is -3.07. The standard InChI is InChI=1S/C22H31N5O4/c23-9-11-31-19-6-2-1-5-17(19)13-21(28)25-20-14-18(26-27-20)16-8-7-15(12-16)4-3-10-24-22(29)30/h1-2,5-6,14-16,24H,3-4,7-13,23H2,(H,29,30)(H2,25,26,27,28)/t15-,16-/m1/s1. The third-order valence-corrected chi connectivity index (χ3v) is 5.61. The second-order valence-corrected chi connectivity index (χ2v) is 7.93. The highest BCUT2D eigenvalue weighted by Crippen LogP contribution is 2.40. The number of nitrogens with one attached hydrogen (secondary N) is 3. The number of carboxylic acid groups (broad SMARTS) is 1. The number of H-pyrrole nitrogens is 1. The summed E-state index contributed by atoms with van der Waals surface area (Å²) < 4.78 is 5.61. The number of nitrogens with two attached hydrogens (primary N) is 1. The Morgan fingerprint density at radius 2 is 2.13 bits per heavy atom. The van der Waals surface area contributed by atoms with Crippen LogP contribution in [0.1, 0.15) is 49.3 Å². The number of nitrogens with zero attached hydrogens (tertiary/aromatic N) is 1. The molecule has 1 aromatic heterocycles. The number of anilines is 1. The summed E-state index contributed by atoms with van der Waals surface area (Å²) in [6, 6.07) is 9.35. The van der Waals surface area contributed by atoms with Crippen LogP contribution in [0, 0.1) is 5.92 Å². The second kappa shape index (κ2) is 11.4. The van der Waals surface area contributed by atoms with Crippen molar-refractivity contribution in [1.82, 2.24) is 15.5 Å². The lowest BCUT2D eigenvalue weighted by atomic mass is 9.98. The van der Waals surface area contributed by atoms with E-state index in [0.29, 0.717) is 43.1 Å². The van der Waals surface area contributed by atoms with E-state index in [1.165, 1.54) is 0 Å². The van der Waals surface area contributed by atoms with Gasteiger partial charge in [-0.2, -0.15) is 5.10 Å². The smallest absolute Gasteiger partial charge is 0.404 e. The van der Waals surface area contributed by atoms with Crippen molar-refractivity contribution >= 4 is 17.8 Å². The van der Waals surface area contributed by atoms with E-state index in [1.807, 2.05) is 30.3 Å². The Balaban J connectivity index is 1.47. The fourth-order valence-electron chi connectivity index (χ4n) is 4.14. The van der Waals surface area contributed by atoms with Crippen molar-refractivity contribution in [1.29, 1.82) is 0 Å². The van der Waals surface area contributed by atoms with Gasteiger partial charge in [0.1, 0.15) is 12.4 Å². The maximum atomic E-state index is 12.5. The molecule has 9 heteroatoms. The summed E-state index contributed by atoms with van der Waals surface area (Å²) in [7, 11) is 0. The minimum Gasteiger partial charge on any atom is -0.492 e. The molecule has 1 aromatic carbocycles. The number of rotatable bonds is 11. The Morgan fingerprint density at radius 3 is 2.94 bits per heavy atom. The predicted octanol–water partition coefficient (Wildman–Crippen LogP) is 2.86. The molecule has 0 bridgehead atoms. The van der Waals surface area contributed by atoms with Gasteiger partial charge in [0, 0.05) is 36.3 Å². The summed E-state index contributed by atoms with van der Waals surface area (Å²) >= 11 is 0. The fourth-order valence-corrected chi connectivity index (χ4v) is 4.14. The van der Waals surface area contributed by atoms with Crippen molar-refractivity contribution in [2.75, 3.05) is 25.0 Å². The van der Waals surface area contributed by atoms with Gasteiger partial charge < -0.3 is 26.2 Å². The van der Waals surface area contributed by atoms with Crippen molar-refractivity contribution in [3.63, 3.8) is 0 Å². The van der Waals surface area contributed by atoms with Gasteiger partial charge in [-0.1, -0.05) is 18.2 Å². The number of aromatic amines is 1. The van der Waals surface area contributed by atoms with Crippen LogP contribution in [0.2, 0.25) is 0 Å². The molecule has 1 aliphatic rings. The molecule has 0 spiro atoms. The summed E-state index contributed by atoms with van der Waals surface area (Å²) in [5.74, 6) is 2.01. The first kappa shape index (κ1) is 22.6. The quantitative estimate of drug-likeness (QED) is 0.348. The molecule has 1 aliphatic carbocycles. The summed E-state index contributed by atoms with van der Waals surface area (Å²) in [6.07, 6.45) is 4.33. The number of hydrogen-bond donors (Lipinski definition) is 5. The highest BCUT2D eigenvalue weighted by Gasteiger charge is 2.27. The molecule has 1 heterocycles. The zero-order valence-corrected chi connectivity index (χ0v) is 17.6. The maximum Gasteiger partial charge on any atom is 0.404 e. The number of aromatic nitrogens is 2. The molecule has 0 saturated heterocycles. The topological polar surface area (TPSA) is 142 Å². The number of carbonyl (C=O) groups excluding carboxylic acids is 1. The predicted molar refractivity (Wildman–Crippen MR) is 117 cm³/mol. The number of amides is 2. The largest absolute Gasteiger partial charge is 0.492 e. The van der Waals surface area contributed by atoms with Crippen molar-refractivity contribution in [2.45, 2.75) is 44.4 Å². The van der Waals surface area contributed by atoms with Crippen LogP contribution in [0.4, 0.5) is 10.6 Å². The van der Waals surface area contributed by atoms with Gasteiger partial charge in [-0.05, 0) is 44.1 Å². The highest BCUT2D eigenvalue weighted by atomic mass is 16.5. The van der Waals surface area contributed by atoms with Gasteiger partial charge in [0.15, 0.2) is 5.82 Å². The fraction of sp³-hybridized carbons (Fsp3) is 0.500. The van der Waals surface area contributed by atoms with E-state index in [0.717, 1.165) is 43.4 Å². The van der Waals surface area contributed by atoms with Gasteiger partial charge in [-0.15, -0.1) is 0 Å². The monoisotopic (exact) mass is 429 g/mol. The number of benzene rings is 1. The first-order valence-electron chi connectivity index (χ1n) is 10.8. The summed E-state index contributed by atoms with van der Waals surface area (Å²) in [5.41, 5.74) is 7.33. The van der Waals surface area contributed by atoms with Crippen LogP contribution in [0.5, 0.6) is 5.75 Å². The van der Waals surface area contributed by atoms with Gasteiger partial charge in [0.2, 0.25) is 5.91 Å². The van der Waals surface area contributed by atoms with Crippen molar-refractivity contribution < 1.29 is 19.4 Å². The lowest BCUT2D eigenvalue weighted by molar-refractivity contribution is -0.115. The molecular weight excluding hydrogens is 398 g/mol. The van der Waals surface area contributed by atoms with Crippen LogP contribution in [-0.2, 0) is 11.2 Å². The minimum absolute atomic E-state index is 0.155. The van der Waals surface area contributed by atoms with Crippen LogP contribution in [0.15, 0.2) is 30.3 Å². The van der Waals surface area contributed by atoms with Gasteiger partial charge in [0.05, 0.1) is 6.42 Å². The number of para-hydroxylation sites is 1. The minimum atomic E-state index is -0.970. The van der Waals surface area contributed by atoms with Crippen molar-refractivity contribution in [2.24, 2.45) is 11.7 Å². The molecule has 0 aliphatic heterocycles. The molecule has 1 saturated carbocycles. The van der Waals surface area contributed by atoms with Gasteiger partial charge in [-0.25, -0.2) is 4.79 Å². The van der Waals surface area contributed by atoms with Crippen molar-refractivity contribution in [3.8, 4) is 5.75 Å². The van der Waals surface area contributed by atoms with E-state index in [-0.39, 0.29) is 12.3 Å². The molecule has 6 N–H and O–H groups in total. The highest BCUT2D eigenvalue weighted by molar-refractivity contribution is 5.91. The lowest BCUT2D eigenvalue weighted by Gasteiger charge is -2.10. The Bertz CT molecular complexity index is 869. The number of hydrogen-bond acceptors (Lipinski definition) is 5. The van der Waals surface area contributed by atoms with Crippen molar-refractivity contribution in [3.05, 3.63) is 41.6 Å². The molecule has 168 valence electrons. The van der Waals surface area contributed by atoms with Gasteiger partial charge in [-0.3, -0.25) is 9.89 Å². The number of ether oxygens (including phenoxy) is 1. The van der Waals surface area contributed by atoms with Crippen LogP contribution in [-0.4, -0.2) is 47.0 Å². The lowest BCUT2D eigenvalue weighted by Crippen LogP contribution is -2.22. The summed E-state index contributed by atoms with van der Waals surface area (Å²) in [4.78, 5) is 23.0. The zero-order valence-electron chi connectivity index (χ0n) is 17.6. The molecule has 2 amide bonds. The van der Waals surface area contributed by atoms with Crippen LogP contribution in [0.3, 0.4) is 0 Å². The van der Waals surface area contributed by atoms with Gasteiger partial charge in [0.25, 0.3) is 0 Å². The average molecular weight is 430 g/mol. The average Bonchev–Trinajstić information content (AvgIpc) is 3.40. The van der Waals surface area contributed by atoms with E-state index in [9.17, 15) is 9.59 Å². The molecule has 3 rings (SSSR count). The van der Waals surface area contributed by atoms with E-state index in [1.54, 1.807) is 0 Å². The number of carbonyl (C=O) groups is 2. The van der Waals surface area contributed by atoms with Crippen LogP contribution < -0.4 is 21.1 Å². The third-order valence-electron chi connectivity index (χ3n) is 5.61. The van der Waals surface area contributed by atoms with Crippen LogP contribution >= 0.6 is 0 Å². The third kappa shape index (κ3) is 6.99. The summed E-state index contributed by atoms with van der Waals surface area (Å²) in [6.45, 7) is 1.31. The molecule has 0 radical (unpaired) electrons. The maximum absolute atomic E-state index is 12.5. The molecule has 0 unspecified atom stereocenters. The molecule has 9 nitrogen and oxygen atoms in total. The SMILES string of the molecule is NCCOc1ccccc1CC(=O)Nc1cc([C@@H]2CC[C@@H](CCCNC(=O)O)C2)[nH]n1.